The zero-order valence-corrected chi connectivity index (χ0v) is 18.4. The second-order valence-electron chi connectivity index (χ2n) is 7.67. The number of hydrogen-bond donors (Lipinski definition) is 3. The van der Waals surface area contributed by atoms with Gasteiger partial charge in [0, 0.05) is 25.7 Å². The zero-order valence-electron chi connectivity index (χ0n) is 16.9. The van der Waals surface area contributed by atoms with E-state index in [1.807, 2.05) is 18.2 Å². The lowest BCUT2D eigenvalue weighted by molar-refractivity contribution is 0.0924. The molecule has 0 saturated carbocycles. The quantitative estimate of drug-likeness (QED) is 0.493. The number of carbonyl (C=O) groups excluding carboxylic acids is 1. The highest BCUT2D eigenvalue weighted by Crippen LogP contribution is 2.24. The molecule has 1 aromatic heterocycles. The van der Waals surface area contributed by atoms with E-state index in [-0.39, 0.29) is 11.9 Å². The molecule has 30 heavy (non-hydrogen) atoms. The minimum absolute atomic E-state index is 0.0306. The summed E-state index contributed by atoms with van der Waals surface area (Å²) < 4.78 is 0.599. The molecule has 6 nitrogen and oxygen atoms in total. The van der Waals surface area contributed by atoms with Crippen LogP contribution >= 0.6 is 22.9 Å². The molecular formula is C22H28ClN3O3S. The Hall–Kier alpha value is -2.09. The van der Waals surface area contributed by atoms with Crippen molar-refractivity contribution in [2.75, 3.05) is 19.6 Å². The number of likely N-dealkylation sites (tertiary alicyclic amines) is 1. The lowest BCUT2D eigenvalue weighted by Crippen LogP contribution is -2.42. The molecule has 1 aliphatic heterocycles. The van der Waals surface area contributed by atoms with Gasteiger partial charge in [-0.05, 0) is 55.8 Å². The third-order valence-electron chi connectivity index (χ3n) is 5.48. The van der Waals surface area contributed by atoms with Gasteiger partial charge in [-0.2, -0.15) is 0 Å². The highest BCUT2D eigenvalue weighted by molar-refractivity contribution is 7.18. The monoisotopic (exact) mass is 449 g/mol. The molecule has 0 bridgehead atoms. The van der Waals surface area contributed by atoms with Crippen molar-refractivity contribution in [2.45, 2.75) is 38.3 Å². The van der Waals surface area contributed by atoms with Crippen molar-refractivity contribution in [3.63, 3.8) is 0 Å². The molecule has 162 valence electrons. The summed E-state index contributed by atoms with van der Waals surface area (Å²) in [6.45, 7) is 2.71. The summed E-state index contributed by atoms with van der Waals surface area (Å²) in [6.07, 6.45) is 2.49. The number of carbonyl (C=O) groups is 2. The zero-order chi connectivity index (χ0) is 21.3. The Morgan fingerprint density at radius 3 is 2.53 bits per heavy atom. The number of benzene rings is 1. The standard InChI is InChI=1S/C22H28ClN3O3S/c23-20-7-6-19(30-20)21(27)25-18(8-11-24-15-17-4-2-1-3-5-17)14-16-9-12-26(13-10-16)22(28)29/h1-7,16,18,24H,8-15H2,(H,25,27)(H,28,29). The summed E-state index contributed by atoms with van der Waals surface area (Å²) >= 11 is 7.25. The second kappa shape index (κ2) is 11.3. The topological polar surface area (TPSA) is 81.7 Å². The molecule has 2 heterocycles. The molecule has 0 spiro atoms. The lowest BCUT2D eigenvalue weighted by Gasteiger charge is -2.32. The molecule has 2 amide bonds. The number of halogens is 1. The fourth-order valence-electron chi connectivity index (χ4n) is 3.81. The van der Waals surface area contributed by atoms with Crippen LogP contribution in [0.2, 0.25) is 4.34 Å². The van der Waals surface area contributed by atoms with Crippen LogP contribution < -0.4 is 10.6 Å². The largest absolute Gasteiger partial charge is 0.465 e. The maximum atomic E-state index is 12.6. The van der Waals surface area contributed by atoms with Crippen molar-refractivity contribution in [2.24, 2.45) is 5.92 Å². The van der Waals surface area contributed by atoms with Crippen LogP contribution in [-0.2, 0) is 6.54 Å². The third-order valence-corrected chi connectivity index (χ3v) is 6.71. The predicted molar refractivity (Wildman–Crippen MR) is 120 cm³/mol. The van der Waals surface area contributed by atoms with Crippen LogP contribution in [0.4, 0.5) is 4.79 Å². The van der Waals surface area contributed by atoms with E-state index in [2.05, 4.69) is 22.8 Å². The van der Waals surface area contributed by atoms with E-state index in [1.54, 1.807) is 12.1 Å². The van der Waals surface area contributed by atoms with Crippen LogP contribution in [0, 0.1) is 5.92 Å². The fourth-order valence-corrected chi connectivity index (χ4v) is 4.76. The lowest BCUT2D eigenvalue weighted by atomic mass is 9.89. The summed E-state index contributed by atoms with van der Waals surface area (Å²) in [5.41, 5.74) is 1.23. The van der Waals surface area contributed by atoms with Crippen LogP contribution in [0.5, 0.6) is 0 Å². The van der Waals surface area contributed by atoms with Gasteiger partial charge in [0.05, 0.1) is 9.21 Å². The molecule has 0 radical (unpaired) electrons. The van der Waals surface area contributed by atoms with E-state index >= 15 is 0 Å². The summed E-state index contributed by atoms with van der Waals surface area (Å²) in [5.74, 6) is 0.315. The molecule has 1 unspecified atom stereocenters. The molecule has 3 N–H and O–H groups in total. The van der Waals surface area contributed by atoms with Crippen molar-refractivity contribution in [1.29, 1.82) is 0 Å². The van der Waals surface area contributed by atoms with Gasteiger partial charge in [0.1, 0.15) is 0 Å². The summed E-state index contributed by atoms with van der Waals surface area (Å²) in [6, 6.07) is 13.7. The number of amides is 2. The Kier molecular flexibility index (Phi) is 8.54. The third kappa shape index (κ3) is 7.00. The Morgan fingerprint density at radius 2 is 1.90 bits per heavy atom. The average molecular weight is 450 g/mol. The van der Waals surface area contributed by atoms with Gasteiger partial charge in [0.25, 0.3) is 5.91 Å². The Balaban J connectivity index is 1.52. The molecule has 1 aliphatic rings. The van der Waals surface area contributed by atoms with Gasteiger partial charge >= 0.3 is 6.09 Å². The van der Waals surface area contributed by atoms with Crippen LogP contribution in [-0.4, -0.2) is 47.7 Å². The van der Waals surface area contributed by atoms with Crippen molar-refractivity contribution >= 4 is 34.9 Å². The highest BCUT2D eigenvalue weighted by Gasteiger charge is 2.25. The first kappa shape index (κ1) is 22.6. The first-order valence-electron chi connectivity index (χ1n) is 10.3. The van der Waals surface area contributed by atoms with Crippen LogP contribution in [0.3, 0.4) is 0 Å². The number of hydrogen-bond acceptors (Lipinski definition) is 4. The molecule has 0 aliphatic carbocycles. The predicted octanol–water partition coefficient (Wildman–Crippen LogP) is 4.46. The van der Waals surface area contributed by atoms with Gasteiger partial charge in [-0.25, -0.2) is 4.79 Å². The number of thiophene rings is 1. The van der Waals surface area contributed by atoms with Gasteiger partial charge in [-0.15, -0.1) is 11.3 Å². The minimum Gasteiger partial charge on any atom is -0.465 e. The minimum atomic E-state index is -0.849. The highest BCUT2D eigenvalue weighted by atomic mass is 35.5. The Labute approximate surface area is 186 Å². The Morgan fingerprint density at radius 1 is 1.17 bits per heavy atom. The van der Waals surface area contributed by atoms with E-state index in [9.17, 15) is 9.59 Å². The molecule has 1 aromatic carbocycles. The van der Waals surface area contributed by atoms with Gasteiger partial charge in [-0.1, -0.05) is 41.9 Å². The van der Waals surface area contributed by atoms with Crippen molar-refractivity contribution < 1.29 is 14.7 Å². The first-order chi connectivity index (χ1) is 14.5. The number of nitrogens with zero attached hydrogens (tertiary/aromatic N) is 1. The number of carboxylic acid groups (broad SMARTS) is 1. The van der Waals surface area contributed by atoms with Crippen molar-refractivity contribution in [1.82, 2.24) is 15.5 Å². The first-order valence-corrected chi connectivity index (χ1v) is 11.5. The van der Waals surface area contributed by atoms with E-state index in [0.29, 0.717) is 28.2 Å². The molecular weight excluding hydrogens is 422 g/mol. The summed E-state index contributed by atoms with van der Waals surface area (Å²) in [7, 11) is 0. The average Bonchev–Trinajstić information content (AvgIpc) is 3.19. The molecule has 3 rings (SSSR count). The summed E-state index contributed by atoms with van der Waals surface area (Å²) in [4.78, 5) is 25.9. The van der Waals surface area contributed by atoms with E-state index in [4.69, 9.17) is 16.7 Å². The smallest absolute Gasteiger partial charge is 0.407 e. The maximum Gasteiger partial charge on any atom is 0.407 e. The Bertz CT molecular complexity index is 822. The maximum absolute atomic E-state index is 12.6. The van der Waals surface area contributed by atoms with Crippen LogP contribution in [0.15, 0.2) is 42.5 Å². The van der Waals surface area contributed by atoms with Crippen molar-refractivity contribution in [3.8, 4) is 0 Å². The number of piperidine rings is 1. The van der Waals surface area contributed by atoms with Crippen LogP contribution in [0.1, 0.15) is 40.9 Å². The molecule has 1 fully saturated rings. The fraction of sp³-hybridized carbons (Fsp3) is 0.455. The van der Waals surface area contributed by atoms with Gasteiger partial charge in [0.15, 0.2) is 0 Å². The number of nitrogens with one attached hydrogen (secondary N) is 2. The van der Waals surface area contributed by atoms with E-state index in [1.165, 1.54) is 21.8 Å². The molecule has 1 saturated heterocycles. The van der Waals surface area contributed by atoms with Gasteiger partial charge in [0.2, 0.25) is 0 Å². The van der Waals surface area contributed by atoms with E-state index < -0.39 is 6.09 Å². The summed E-state index contributed by atoms with van der Waals surface area (Å²) in [5, 5.41) is 15.8. The van der Waals surface area contributed by atoms with Gasteiger partial charge < -0.3 is 20.6 Å². The molecule has 8 heteroatoms. The number of rotatable bonds is 9. The van der Waals surface area contributed by atoms with Gasteiger partial charge in [-0.3, -0.25) is 4.79 Å². The normalized spacial score (nSPS) is 15.7. The molecule has 1 atom stereocenters. The second-order valence-corrected chi connectivity index (χ2v) is 9.39. The SMILES string of the molecule is O=C(NC(CCNCc1ccccc1)CC1CCN(C(=O)O)CC1)c1ccc(Cl)s1. The molecule has 2 aromatic rings. The van der Waals surface area contributed by atoms with Crippen LogP contribution in [0.25, 0.3) is 0 Å². The van der Waals surface area contributed by atoms with E-state index in [0.717, 1.165) is 38.8 Å². The van der Waals surface area contributed by atoms with Crippen molar-refractivity contribution in [3.05, 3.63) is 57.2 Å².